The molecule has 0 radical (unpaired) electrons. The van der Waals surface area contributed by atoms with Crippen LogP contribution in [-0.4, -0.2) is 44.4 Å². The number of methoxy groups -OCH3 is 1. The van der Waals surface area contributed by atoms with Crippen LogP contribution in [0, 0.1) is 5.82 Å². The standard InChI is InChI=1S/C28H25F4N7O4/c1-33-17-5-4-6-18(11-17)36-24(40)12-39-21-10-16(28(30,31)32)9-19(25(21)38(2)27(39)41)15-7-20(29)26(22(8-15)42-3)43-13-23-34-14-35-37-23/h4-11,14,33H,12-13H2,1-3H3,(H,36,40)(H,34,35,37). The minimum atomic E-state index is -4.82. The number of H-pyrrole nitrogens is 1. The summed E-state index contributed by atoms with van der Waals surface area (Å²) >= 11 is 0. The van der Waals surface area contributed by atoms with Crippen LogP contribution in [0.4, 0.5) is 28.9 Å². The van der Waals surface area contributed by atoms with Gasteiger partial charge in [0.1, 0.15) is 19.5 Å². The van der Waals surface area contributed by atoms with Gasteiger partial charge in [-0.05, 0) is 48.0 Å². The Bertz CT molecular complexity index is 1860. The van der Waals surface area contributed by atoms with Crippen molar-refractivity contribution < 1.29 is 31.8 Å². The van der Waals surface area contributed by atoms with Gasteiger partial charge in [-0.2, -0.15) is 18.3 Å². The quantitative estimate of drug-likeness (QED) is 0.212. The first-order valence-corrected chi connectivity index (χ1v) is 12.7. The number of rotatable bonds is 9. The number of anilines is 2. The zero-order chi connectivity index (χ0) is 30.9. The number of nitrogens with zero attached hydrogens (tertiary/aromatic N) is 4. The molecule has 0 aliphatic heterocycles. The lowest BCUT2D eigenvalue weighted by molar-refractivity contribution is -0.137. The molecule has 15 heteroatoms. The number of carbonyl (C=O) groups excluding carboxylic acids is 1. The van der Waals surface area contributed by atoms with Crippen LogP contribution in [0.3, 0.4) is 0 Å². The molecule has 0 saturated carbocycles. The number of ether oxygens (including phenoxy) is 2. The molecule has 1 amide bonds. The predicted molar refractivity (Wildman–Crippen MR) is 149 cm³/mol. The van der Waals surface area contributed by atoms with Gasteiger partial charge in [-0.1, -0.05) is 6.07 Å². The molecular weight excluding hydrogens is 574 g/mol. The van der Waals surface area contributed by atoms with Crippen LogP contribution in [0.5, 0.6) is 11.5 Å². The van der Waals surface area contributed by atoms with Crippen molar-refractivity contribution in [3.05, 3.63) is 82.5 Å². The summed E-state index contributed by atoms with van der Waals surface area (Å²) in [5, 5.41) is 11.8. The number of amides is 1. The maximum atomic E-state index is 15.4. The van der Waals surface area contributed by atoms with E-state index in [-0.39, 0.29) is 40.3 Å². The number of fused-ring (bicyclic) bond motifs is 1. The van der Waals surface area contributed by atoms with Crippen LogP contribution < -0.4 is 25.8 Å². The summed E-state index contributed by atoms with van der Waals surface area (Å²) < 4.78 is 70.4. The van der Waals surface area contributed by atoms with E-state index in [0.717, 1.165) is 33.0 Å². The zero-order valence-corrected chi connectivity index (χ0v) is 23.0. The number of aromatic nitrogens is 5. The third-order valence-electron chi connectivity index (χ3n) is 6.66. The highest BCUT2D eigenvalue weighted by Gasteiger charge is 2.33. The third-order valence-corrected chi connectivity index (χ3v) is 6.66. The fourth-order valence-electron chi connectivity index (χ4n) is 4.65. The van der Waals surface area contributed by atoms with Gasteiger partial charge in [0.15, 0.2) is 23.1 Å². The van der Waals surface area contributed by atoms with Crippen LogP contribution in [0.15, 0.2) is 59.7 Å². The molecule has 3 aromatic carbocycles. The van der Waals surface area contributed by atoms with Crippen molar-refractivity contribution in [2.45, 2.75) is 19.3 Å². The summed E-state index contributed by atoms with van der Waals surface area (Å²) in [5.41, 5.74) is -0.925. The molecule has 0 aliphatic rings. The van der Waals surface area contributed by atoms with Gasteiger partial charge >= 0.3 is 11.9 Å². The van der Waals surface area contributed by atoms with E-state index in [4.69, 9.17) is 9.47 Å². The molecule has 0 unspecified atom stereocenters. The van der Waals surface area contributed by atoms with Gasteiger partial charge in [0, 0.05) is 31.0 Å². The molecule has 224 valence electrons. The Morgan fingerprint density at radius 1 is 1.12 bits per heavy atom. The summed E-state index contributed by atoms with van der Waals surface area (Å²) in [6.45, 7) is -0.758. The summed E-state index contributed by atoms with van der Waals surface area (Å²) in [4.78, 5) is 30.1. The average molecular weight is 600 g/mol. The van der Waals surface area contributed by atoms with Gasteiger partial charge in [0.05, 0.1) is 23.7 Å². The normalized spacial score (nSPS) is 11.5. The van der Waals surface area contributed by atoms with E-state index in [1.807, 2.05) is 0 Å². The largest absolute Gasteiger partial charge is 0.493 e. The second-order valence-electron chi connectivity index (χ2n) is 9.41. The van der Waals surface area contributed by atoms with E-state index in [1.54, 1.807) is 31.3 Å². The van der Waals surface area contributed by atoms with E-state index >= 15 is 4.39 Å². The number of halogens is 4. The highest BCUT2D eigenvalue weighted by atomic mass is 19.4. The Hall–Kier alpha value is -5.34. The van der Waals surface area contributed by atoms with Gasteiger partial charge < -0.3 is 20.1 Å². The van der Waals surface area contributed by atoms with Crippen LogP contribution in [0.2, 0.25) is 0 Å². The van der Waals surface area contributed by atoms with Gasteiger partial charge in [-0.3, -0.25) is 19.0 Å². The lowest BCUT2D eigenvalue weighted by Crippen LogP contribution is -2.28. The zero-order valence-electron chi connectivity index (χ0n) is 23.0. The molecule has 43 heavy (non-hydrogen) atoms. The summed E-state index contributed by atoms with van der Waals surface area (Å²) in [7, 11) is 4.31. The Kier molecular flexibility index (Phi) is 7.80. The molecule has 0 aliphatic carbocycles. The molecule has 0 atom stereocenters. The number of carbonyl (C=O) groups is 1. The molecule has 0 bridgehead atoms. The highest BCUT2D eigenvalue weighted by Crippen LogP contribution is 2.41. The van der Waals surface area contributed by atoms with Crippen molar-refractivity contribution in [1.82, 2.24) is 24.3 Å². The molecule has 11 nitrogen and oxygen atoms in total. The first-order chi connectivity index (χ1) is 20.5. The average Bonchev–Trinajstić information content (AvgIpc) is 3.58. The molecule has 0 fully saturated rings. The maximum absolute atomic E-state index is 15.4. The number of aromatic amines is 1. The monoisotopic (exact) mass is 599 g/mol. The topological polar surface area (TPSA) is 128 Å². The van der Waals surface area contributed by atoms with Gasteiger partial charge in [0.2, 0.25) is 5.91 Å². The lowest BCUT2D eigenvalue weighted by Gasteiger charge is -2.15. The molecular formula is C28H25F4N7O4. The van der Waals surface area contributed by atoms with Crippen molar-refractivity contribution in [3.63, 3.8) is 0 Å². The van der Waals surface area contributed by atoms with Gasteiger partial charge in [0.25, 0.3) is 0 Å². The van der Waals surface area contributed by atoms with Crippen LogP contribution in [0.25, 0.3) is 22.2 Å². The number of aryl methyl sites for hydroxylation is 1. The minimum Gasteiger partial charge on any atom is -0.493 e. The van der Waals surface area contributed by atoms with Crippen molar-refractivity contribution in [1.29, 1.82) is 0 Å². The Balaban J connectivity index is 1.60. The Morgan fingerprint density at radius 2 is 1.88 bits per heavy atom. The van der Waals surface area contributed by atoms with Crippen LogP contribution in [-0.2, 0) is 31.2 Å². The summed E-state index contributed by atoms with van der Waals surface area (Å²) in [6.07, 6.45) is -3.58. The molecule has 0 saturated heterocycles. The molecule has 2 heterocycles. The van der Waals surface area contributed by atoms with E-state index in [2.05, 4.69) is 25.8 Å². The number of imidazole rings is 1. The SMILES string of the molecule is CNc1cccc(NC(=O)Cn2c(=O)n(C)c3c(-c4cc(F)c(OCc5ncn[nH]5)c(OC)c4)cc(C(F)(F)F)cc32)c1. The molecule has 5 aromatic rings. The van der Waals surface area contributed by atoms with Crippen molar-refractivity contribution in [2.75, 3.05) is 24.8 Å². The lowest BCUT2D eigenvalue weighted by atomic mass is 9.99. The first-order valence-electron chi connectivity index (χ1n) is 12.7. The minimum absolute atomic E-state index is 0.0152. The van der Waals surface area contributed by atoms with Crippen molar-refractivity contribution >= 4 is 28.3 Å². The van der Waals surface area contributed by atoms with Crippen molar-refractivity contribution in [2.24, 2.45) is 7.05 Å². The van der Waals surface area contributed by atoms with Crippen LogP contribution >= 0.6 is 0 Å². The van der Waals surface area contributed by atoms with E-state index < -0.39 is 35.7 Å². The predicted octanol–water partition coefficient (Wildman–Crippen LogP) is 4.55. The Labute approximate surface area is 241 Å². The number of hydrogen-bond donors (Lipinski definition) is 3. The van der Waals surface area contributed by atoms with E-state index in [1.165, 1.54) is 26.6 Å². The van der Waals surface area contributed by atoms with Gasteiger partial charge in [-0.15, -0.1) is 0 Å². The third kappa shape index (κ3) is 5.86. The first kappa shape index (κ1) is 29.2. The van der Waals surface area contributed by atoms with Crippen LogP contribution in [0.1, 0.15) is 11.4 Å². The highest BCUT2D eigenvalue weighted by molar-refractivity contribution is 5.96. The second-order valence-corrected chi connectivity index (χ2v) is 9.41. The number of hydrogen-bond acceptors (Lipinski definition) is 7. The Morgan fingerprint density at radius 3 is 2.56 bits per heavy atom. The molecule has 3 N–H and O–H groups in total. The number of nitrogens with one attached hydrogen (secondary N) is 3. The van der Waals surface area contributed by atoms with E-state index in [0.29, 0.717) is 11.5 Å². The van der Waals surface area contributed by atoms with Crippen molar-refractivity contribution in [3.8, 4) is 22.6 Å². The summed E-state index contributed by atoms with van der Waals surface area (Å²) in [5.74, 6) is -1.65. The van der Waals surface area contributed by atoms with Gasteiger partial charge in [-0.25, -0.2) is 14.2 Å². The summed E-state index contributed by atoms with van der Waals surface area (Å²) in [6, 6.07) is 10.7. The number of alkyl halides is 3. The number of benzene rings is 3. The van der Waals surface area contributed by atoms with E-state index in [9.17, 15) is 22.8 Å². The molecule has 0 spiro atoms. The smallest absolute Gasteiger partial charge is 0.416 e. The second kappa shape index (κ2) is 11.5. The molecule has 2 aromatic heterocycles. The maximum Gasteiger partial charge on any atom is 0.416 e. The fraction of sp³-hybridized carbons (Fsp3) is 0.214. The molecule has 5 rings (SSSR count). The fourth-order valence-corrected chi connectivity index (χ4v) is 4.65.